The number of benzene rings is 3. The number of Topliss-reactive ketones (excluding diaryl/α,β-unsaturated/α-hetero) is 1. The molecule has 2 heterocycles. The number of hydrogen-bond acceptors (Lipinski definition) is 9. The minimum absolute atomic E-state index is 0.0159. The van der Waals surface area contributed by atoms with Crippen molar-refractivity contribution in [3.63, 3.8) is 0 Å². The fourth-order valence-electron chi connectivity index (χ4n) is 4.64. The summed E-state index contributed by atoms with van der Waals surface area (Å²) in [5.41, 5.74) is 3.35. The summed E-state index contributed by atoms with van der Waals surface area (Å²) in [5.74, 6) is 0.188. The number of unbranched alkanes of at least 4 members (excludes halogenated alkanes) is 1. The summed E-state index contributed by atoms with van der Waals surface area (Å²) in [6.07, 6.45) is 1.96. The van der Waals surface area contributed by atoms with Gasteiger partial charge < -0.3 is 14.6 Å². The van der Waals surface area contributed by atoms with E-state index in [1.807, 2.05) is 13.8 Å². The first-order valence-electron chi connectivity index (χ1n) is 14.2. The maximum Gasteiger partial charge on any atom is 0.301 e. The number of ether oxygens (including phenoxy) is 2. The Kier molecular flexibility index (Phi) is 9.79. The van der Waals surface area contributed by atoms with Crippen molar-refractivity contribution in [3.05, 3.63) is 101 Å². The zero-order valence-corrected chi connectivity index (χ0v) is 25.9. The monoisotopic (exact) mass is 615 g/mol. The minimum Gasteiger partial charge on any atom is -0.507 e. The van der Waals surface area contributed by atoms with Crippen LogP contribution in [-0.2, 0) is 15.3 Å². The van der Waals surface area contributed by atoms with Crippen LogP contribution in [0.1, 0.15) is 55.0 Å². The van der Waals surface area contributed by atoms with Crippen molar-refractivity contribution in [2.45, 2.75) is 49.7 Å². The van der Waals surface area contributed by atoms with Gasteiger partial charge in [-0.2, -0.15) is 0 Å². The number of rotatable bonds is 12. The largest absolute Gasteiger partial charge is 0.507 e. The standard InChI is InChI=1S/C33H33N3O5S2/c1-4-6-19-41-26-17-13-24(14-18-26)29(37)27-28(23-11-15-25(16-12-23)40-5-2)36(31(39)30(27)38)32-34-35-33(43-32)42-20-22-9-7-21(3)8-10-22/h7-18,28,37H,4-6,19-20H2,1-3H3/b29-27+. The molecule has 1 aliphatic rings. The van der Waals surface area contributed by atoms with Crippen LogP contribution in [0.2, 0.25) is 0 Å². The molecule has 43 heavy (non-hydrogen) atoms. The van der Waals surface area contributed by atoms with Crippen molar-refractivity contribution in [3.8, 4) is 11.5 Å². The number of ketones is 1. The lowest BCUT2D eigenvalue weighted by molar-refractivity contribution is -0.132. The molecule has 0 bridgehead atoms. The van der Waals surface area contributed by atoms with Crippen LogP contribution in [0, 0.1) is 6.92 Å². The summed E-state index contributed by atoms with van der Waals surface area (Å²) < 4.78 is 12.0. The molecule has 0 aliphatic carbocycles. The second-order valence-corrected chi connectivity index (χ2v) is 12.2. The van der Waals surface area contributed by atoms with E-state index in [1.54, 1.807) is 48.5 Å². The van der Waals surface area contributed by atoms with Gasteiger partial charge in [0.05, 0.1) is 24.8 Å². The van der Waals surface area contributed by atoms with E-state index < -0.39 is 17.7 Å². The van der Waals surface area contributed by atoms with Crippen LogP contribution in [0.25, 0.3) is 5.76 Å². The number of aliphatic hydroxyl groups is 1. The average Bonchev–Trinajstić information content (AvgIpc) is 3.59. The van der Waals surface area contributed by atoms with Crippen molar-refractivity contribution in [1.82, 2.24) is 10.2 Å². The number of hydrogen-bond donors (Lipinski definition) is 1. The van der Waals surface area contributed by atoms with Crippen LogP contribution in [0.3, 0.4) is 0 Å². The second kappa shape index (κ2) is 13.9. The van der Waals surface area contributed by atoms with E-state index in [0.717, 1.165) is 18.4 Å². The molecule has 10 heteroatoms. The van der Waals surface area contributed by atoms with Gasteiger partial charge >= 0.3 is 5.91 Å². The zero-order valence-electron chi connectivity index (χ0n) is 24.3. The third-order valence-electron chi connectivity index (χ3n) is 6.93. The number of nitrogens with zero attached hydrogens (tertiary/aromatic N) is 3. The first kappa shape index (κ1) is 30.3. The van der Waals surface area contributed by atoms with Gasteiger partial charge in [0.25, 0.3) is 5.78 Å². The first-order chi connectivity index (χ1) is 20.9. The topological polar surface area (TPSA) is 102 Å². The Bertz CT molecular complexity index is 1600. The number of aliphatic hydroxyl groups excluding tert-OH is 1. The van der Waals surface area contributed by atoms with Crippen molar-refractivity contribution < 1.29 is 24.2 Å². The Morgan fingerprint density at radius 3 is 2.28 bits per heavy atom. The molecular weight excluding hydrogens is 583 g/mol. The van der Waals surface area contributed by atoms with E-state index >= 15 is 0 Å². The van der Waals surface area contributed by atoms with Gasteiger partial charge in [0.1, 0.15) is 17.3 Å². The highest BCUT2D eigenvalue weighted by Gasteiger charge is 2.48. The lowest BCUT2D eigenvalue weighted by Gasteiger charge is -2.22. The number of carbonyl (C=O) groups is 2. The summed E-state index contributed by atoms with van der Waals surface area (Å²) >= 11 is 2.75. The predicted octanol–water partition coefficient (Wildman–Crippen LogP) is 7.34. The molecule has 1 aliphatic heterocycles. The predicted molar refractivity (Wildman–Crippen MR) is 170 cm³/mol. The molecule has 0 saturated carbocycles. The number of carbonyl (C=O) groups excluding carboxylic acids is 2. The van der Waals surface area contributed by atoms with Gasteiger partial charge in [-0.25, -0.2) is 0 Å². The van der Waals surface area contributed by atoms with Gasteiger partial charge in [0.15, 0.2) is 4.34 Å². The van der Waals surface area contributed by atoms with Gasteiger partial charge in [0.2, 0.25) is 5.13 Å². The SMILES string of the molecule is CCCCOc1ccc(/C(O)=C2\C(=O)C(=O)N(c3nnc(SCc4ccc(C)cc4)s3)C2c2ccc(OCC)cc2)cc1. The lowest BCUT2D eigenvalue weighted by Crippen LogP contribution is -2.29. The molecular formula is C33H33N3O5S2. The van der Waals surface area contributed by atoms with Crippen molar-refractivity contribution in [1.29, 1.82) is 0 Å². The lowest BCUT2D eigenvalue weighted by atomic mass is 9.95. The number of aromatic nitrogens is 2. The average molecular weight is 616 g/mol. The highest BCUT2D eigenvalue weighted by molar-refractivity contribution is 8.00. The molecule has 4 aromatic rings. The quantitative estimate of drug-likeness (QED) is 0.0441. The van der Waals surface area contributed by atoms with Crippen LogP contribution in [0.5, 0.6) is 11.5 Å². The van der Waals surface area contributed by atoms with Gasteiger partial charge in [-0.3, -0.25) is 14.5 Å². The molecule has 8 nitrogen and oxygen atoms in total. The fourth-order valence-corrected chi connectivity index (χ4v) is 6.47. The number of amides is 1. The molecule has 1 unspecified atom stereocenters. The Balaban J connectivity index is 1.48. The maximum absolute atomic E-state index is 13.5. The van der Waals surface area contributed by atoms with E-state index in [4.69, 9.17) is 9.47 Å². The molecule has 1 N–H and O–H groups in total. The van der Waals surface area contributed by atoms with Gasteiger partial charge in [-0.1, -0.05) is 78.4 Å². The van der Waals surface area contributed by atoms with Crippen LogP contribution in [0.4, 0.5) is 5.13 Å². The molecule has 1 amide bonds. The maximum atomic E-state index is 13.5. The van der Waals surface area contributed by atoms with Crippen molar-refractivity contribution in [2.24, 2.45) is 0 Å². The Morgan fingerprint density at radius 1 is 0.930 bits per heavy atom. The molecule has 222 valence electrons. The summed E-state index contributed by atoms with van der Waals surface area (Å²) in [7, 11) is 0. The summed E-state index contributed by atoms with van der Waals surface area (Å²) in [4.78, 5) is 28.4. The number of anilines is 1. The summed E-state index contributed by atoms with van der Waals surface area (Å²) in [6, 6.07) is 21.4. The van der Waals surface area contributed by atoms with Crippen LogP contribution >= 0.6 is 23.1 Å². The van der Waals surface area contributed by atoms with Crippen molar-refractivity contribution in [2.75, 3.05) is 18.1 Å². The molecule has 3 aromatic carbocycles. The van der Waals surface area contributed by atoms with Crippen LogP contribution < -0.4 is 14.4 Å². The Labute approximate surface area is 259 Å². The van der Waals surface area contributed by atoms with Crippen LogP contribution in [0.15, 0.2) is 82.7 Å². The molecule has 1 aromatic heterocycles. The summed E-state index contributed by atoms with van der Waals surface area (Å²) in [6.45, 7) is 7.13. The molecule has 1 fully saturated rings. The van der Waals surface area contributed by atoms with E-state index in [-0.39, 0.29) is 16.5 Å². The number of aryl methyl sites for hydroxylation is 1. The molecule has 5 rings (SSSR count). The van der Waals surface area contributed by atoms with Gasteiger partial charge in [-0.15, -0.1) is 10.2 Å². The van der Waals surface area contributed by atoms with E-state index in [2.05, 4.69) is 41.4 Å². The Morgan fingerprint density at radius 2 is 1.60 bits per heavy atom. The van der Waals surface area contributed by atoms with E-state index in [1.165, 1.54) is 33.6 Å². The minimum atomic E-state index is -0.904. The Hall–Kier alpha value is -4.15. The number of thioether (sulfide) groups is 1. The molecule has 0 radical (unpaired) electrons. The normalized spacial score (nSPS) is 16.1. The molecule has 1 saturated heterocycles. The van der Waals surface area contributed by atoms with Gasteiger partial charge in [-0.05, 0) is 67.8 Å². The first-order valence-corrected chi connectivity index (χ1v) is 16.0. The smallest absolute Gasteiger partial charge is 0.301 e. The van der Waals surface area contributed by atoms with Crippen molar-refractivity contribution >= 4 is 45.7 Å². The highest BCUT2D eigenvalue weighted by atomic mass is 32.2. The molecule has 0 spiro atoms. The van der Waals surface area contributed by atoms with Gasteiger partial charge in [0, 0.05) is 11.3 Å². The second-order valence-electron chi connectivity index (χ2n) is 10.0. The molecule has 1 atom stereocenters. The fraction of sp³-hybridized carbons (Fsp3) is 0.273. The van der Waals surface area contributed by atoms with E-state index in [9.17, 15) is 14.7 Å². The third-order valence-corrected chi connectivity index (χ3v) is 9.06. The van der Waals surface area contributed by atoms with Crippen LogP contribution in [-0.4, -0.2) is 40.2 Å². The zero-order chi connectivity index (χ0) is 30.3. The third kappa shape index (κ3) is 6.92. The van der Waals surface area contributed by atoms with E-state index in [0.29, 0.717) is 45.9 Å². The summed E-state index contributed by atoms with van der Waals surface area (Å²) in [5, 5.41) is 20.3. The highest BCUT2D eigenvalue weighted by Crippen LogP contribution is 2.44.